The van der Waals surface area contributed by atoms with E-state index in [-0.39, 0.29) is 0 Å². The zero-order chi connectivity index (χ0) is 20.4. The van der Waals surface area contributed by atoms with Crippen molar-refractivity contribution in [2.24, 2.45) is 5.41 Å². The zero-order valence-corrected chi connectivity index (χ0v) is 17.3. The molecule has 1 spiro atoms. The fourth-order valence-electron chi connectivity index (χ4n) is 4.59. The molecule has 2 aliphatic rings. The fraction of sp³-hybridized carbons (Fsp3) is 0.320. The molecule has 0 amide bonds. The molecule has 5 heteroatoms. The highest BCUT2D eigenvalue weighted by Crippen LogP contribution is 2.42. The lowest BCUT2D eigenvalue weighted by atomic mass is 9.72. The van der Waals surface area contributed by atoms with Gasteiger partial charge in [0.2, 0.25) is 0 Å². The Morgan fingerprint density at radius 1 is 0.900 bits per heavy atom. The van der Waals surface area contributed by atoms with Crippen LogP contribution in [0.1, 0.15) is 11.3 Å². The van der Waals surface area contributed by atoms with E-state index in [1.165, 1.54) is 24.3 Å². The Morgan fingerprint density at radius 3 is 2.47 bits per heavy atom. The number of ether oxygens (including phenoxy) is 2. The van der Waals surface area contributed by atoms with Crippen LogP contribution in [-0.2, 0) is 13.2 Å². The summed E-state index contributed by atoms with van der Waals surface area (Å²) in [6, 6.07) is 22.7. The standard InChI is InChI=1S/C25H27N3O2/c1-29-23-10-8-22(9-11-23)28-18-25(19-28)16-27(17-25)14-20-5-4-7-24(13-20)30-15-21-6-2-3-12-26-21/h2-13H,14-19H2,1H3. The topological polar surface area (TPSA) is 37.8 Å². The van der Waals surface area contributed by atoms with Crippen LogP contribution in [0, 0.1) is 5.41 Å². The molecule has 154 valence electrons. The molecule has 2 saturated heterocycles. The number of nitrogens with zero attached hydrogens (tertiary/aromatic N) is 3. The van der Waals surface area contributed by atoms with Gasteiger partial charge < -0.3 is 14.4 Å². The number of hydrogen-bond donors (Lipinski definition) is 0. The van der Waals surface area contributed by atoms with Gasteiger partial charge in [-0.2, -0.15) is 0 Å². The molecule has 3 aromatic rings. The van der Waals surface area contributed by atoms with Crippen molar-refractivity contribution in [1.82, 2.24) is 9.88 Å². The minimum absolute atomic E-state index is 0.465. The summed E-state index contributed by atoms with van der Waals surface area (Å²) in [7, 11) is 1.71. The van der Waals surface area contributed by atoms with Gasteiger partial charge in [-0.25, -0.2) is 0 Å². The van der Waals surface area contributed by atoms with Crippen LogP contribution in [0.4, 0.5) is 5.69 Å². The molecular weight excluding hydrogens is 374 g/mol. The van der Waals surface area contributed by atoms with E-state index in [0.29, 0.717) is 12.0 Å². The Labute approximate surface area is 177 Å². The average Bonchev–Trinajstić information content (AvgIpc) is 2.74. The van der Waals surface area contributed by atoms with Crippen LogP contribution in [-0.4, -0.2) is 43.2 Å². The third kappa shape index (κ3) is 3.98. The third-order valence-electron chi connectivity index (χ3n) is 6.03. The second-order valence-corrected chi connectivity index (χ2v) is 8.46. The van der Waals surface area contributed by atoms with Crippen molar-refractivity contribution in [2.45, 2.75) is 13.2 Å². The molecule has 5 rings (SSSR count). The molecule has 0 unspecified atom stereocenters. The van der Waals surface area contributed by atoms with Gasteiger partial charge in [-0.1, -0.05) is 18.2 Å². The van der Waals surface area contributed by atoms with Crippen molar-refractivity contribution in [3.63, 3.8) is 0 Å². The summed E-state index contributed by atoms with van der Waals surface area (Å²) >= 11 is 0. The summed E-state index contributed by atoms with van der Waals surface area (Å²) < 4.78 is 11.2. The molecule has 5 nitrogen and oxygen atoms in total. The molecule has 0 radical (unpaired) electrons. The largest absolute Gasteiger partial charge is 0.497 e. The van der Waals surface area contributed by atoms with Gasteiger partial charge >= 0.3 is 0 Å². The number of pyridine rings is 1. The Balaban J connectivity index is 1.10. The van der Waals surface area contributed by atoms with Crippen molar-refractivity contribution < 1.29 is 9.47 Å². The molecule has 0 saturated carbocycles. The van der Waals surface area contributed by atoms with Crippen LogP contribution >= 0.6 is 0 Å². The van der Waals surface area contributed by atoms with Crippen LogP contribution < -0.4 is 14.4 Å². The van der Waals surface area contributed by atoms with E-state index < -0.39 is 0 Å². The Bertz CT molecular complexity index is 977. The first-order valence-electron chi connectivity index (χ1n) is 10.4. The molecule has 0 bridgehead atoms. The highest BCUT2D eigenvalue weighted by molar-refractivity contribution is 5.52. The van der Waals surface area contributed by atoms with Gasteiger partial charge in [0.15, 0.2) is 0 Å². The lowest BCUT2D eigenvalue weighted by Gasteiger charge is -2.61. The Morgan fingerprint density at radius 2 is 1.73 bits per heavy atom. The van der Waals surface area contributed by atoms with Gasteiger partial charge in [0, 0.05) is 50.0 Å². The Kier molecular flexibility index (Phi) is 5.05. The lowest BCUT2D eigenvalue weighted by molar-refractivity contribution is -0.0273. The highest BCUT2D eigenvalue weighted by atomic mass is 16.5. The summed E-state index contributed by atoms with van der Waals surface area (Å²) in [5.74, 6) is 1.82. The second-order valence-electron chi connectivity index (χ2n) is 8.46. The van der Waals surface area contributed by atoms with Gasteiger partial charge in [-0.3, -0.25) is 9.88 Å². The molecule has 1 aromatic heterocycles. The third-order valence-corrected chi connectivity index (χ3v) is 6.03. The van der Waals surface area contributed by atoms with Crippen LogP contribution in [0.2, 0.25) is 0 Å². The van der Waals surface area contributed by atoms with Gasteiger partial charge in [0.05, 0.1) is 12.8 Å². The molecule has 0 N–H and O–H groups in total. The van der Waals surface area contributed by atoms with Crippen molar-refractivity contribution in [3.8, 4) is 11.5 Å². The SMILES string of the molecule is COc1ccc(N2CC3(CN(Cc4cccc(OCc5ccccn5)c4)C3)C2)cc1. The van der Waals surface area contributed by atoms with E-state index in [2.05, 4.69) is 45.1 Å². The number of likely N-dealkylation sites (tertiary alicyclic amines) is 1. The smallest absolute Gasteiger partial charge is 0.130 e. The highest BCUT2D eigenvalue weighted by Gasteiger charge is 2.51. The van der Waals surface area contributed by atoms with E-state index in [0.717, 1.165) is 36.8 Å². The summed E-state index contributed by atoms with van der Waals surface area (Å²) in [6.45, 7) is 6.09. The maximum Gasteiger partial charge on any atom is 0.130 e. The first-order valence-corrected chi connectivity index (χ1v) is 10.4. The van der Waals surface area contributed by atoms with Gasteiger partial charge in [-0.15, -0.1) is 0 Å². The van der Waals surface area contributed by atoms with Gasteiger partial charge in [-0.05, 0) is 54.1 Å². The van der Waals surface area contributed by atoms with Crippen molar-refractivity contribution in [3.05, 3.63) is 84.2 Å². The minimum Gasteiger partial charge on any atom is -0.497 e. The minimum atomic E-state index is 0.465. The first kappa shape index (κ1) is 18.9. The summed E-state index contributed by atoms with van der Waals surface area (Å²) in [5.41, 5.74) is 4.00. The molecule has 3 heterocycles. The van der Waals surface area contributed by atoms with E-state index in [4.69, 9.17) is 9.47 Å². The molecule has 2 fully saturated rings. The summed E-state index contributed by atoms with van der Waals surface area (Å²) in [5, 5.41) is 0. The fourth-order valence-corrected chi connectivity index (χ4v) is 4.59. The van der Waals surface area contributed by atoms with Crippen molar-refractivity contribution >= 4 is 5.69 Å². The number of benzene rings is 2. The van der Waals surface area contributed by atoms with E-state index in [1.54, 1.807) is 13.3 Å². The lowest BCUT2D eigenvalue weighted by Crippen LogP contribution is -2.71. The van der Waals surface area contributed by atoms with Crippen LogP contribution in [0.3, 0.4) is 0 Å². The number of rotatable bonds is 7. The monoisotopic (exact) mass is 401 g/mol. The van der Waals surface area contributed by atoms with Gasteiger partial charge in [0.1, 0.15) is 18.1 Å². The summed E-state index contributed by atoms with van der Waals surface area (Å²) in [4.78, 5) is 9.30. The molecule has 2 aromatic carbocycles. The number of anilines is 1. The predicted molar refractivity (Wildman–Crippen MR) is 118 cm³/mol. The second kappa shape index (κ2) is 8.00. The average molecular weight is 402 g/mol. The molecule has 2 aliphatic heterocycles. The number of aromatic nitrogens is 1. The predicted octanol–water partition coefficient (Wildman–Crippen LogP) is 3.99. The van der Waals surface area contributed by atoms with E-state index >= 15 is 0 Å². The molecule has 0 aliphatic carbocycles. The van der Waals surface area contributed by atoms with Crippen molar-refractivity contribution in [1.29, 1.82) is 0 Å². The maximum absolute atomic E-state index is 5.92. The van der Waals surface area contributed by atoms with Crippen LogP contribution in [0.5, 0.6) is 11.5 Å². The van der Waals surface area contributed by atoms with Crippen LogP contribution in [0.25, 0.3) is 0 Å². The molecule has 30 heavy (non-hydrogen) atoms. The first-order chi connectivity index (χ1) is 14.7. The quantitative estimate of drug-likeness (QED) is 0.598. The zero-order valence-electron chi connectivity index (χ0n) is 17.3. The number of hydrogen-bond acceptors (Lipinski definition) is 5. The maximum atomic E-state index is 5.92. The number of methoxy groups -OCH3 is 1. The van der Waals surface area contributed by atoms with E-state index in [9.17, 15) is 0 Å². The van der Waals surface area contributed by atoms with Crippen LogP contribution in [0.15, 0.2) is 72.9 Å². The molecule has 0 atom stereocenters. The Hall–Kier alpha value is -3.05. The van der Waals surface area contributed by atoms with Gasteiger partial charge in [0.25, 0.3) is 0 Å². The normalized spacial score (nSPS) is 17.3. The van der Waals surface area contributed by atoms with Crippen molar-refractivity contribution in [2.75, 3.05) is 38.2 Å². The van der Waals surface area contributed by atoms with E-state index in [1.807, 2.05) is 36.4 Å². The summed E-state index contributed by atoms with van der Waals surface area (Å²) in [6.07, 6.45) is 1.80. The molecular formula is C25H27N3O2.